The third kappa shape index (κ3) is 2.79. The van der Waals surface area contributed by atoms with Crippen molar-refractivity contribution < 1.29 is 9.84 Å². The lowest BCUT2D eigenvalue weighted by Crippen LogP contribution is -1.95. The number of aliphatic hydroxyl groups is 1. The predicted molar refractivity (Wildman–Crippen MR) is 63.9 cm³/mol. The zero-order valence-corrected chi connectivity index (χ0v) is 9.84. The van der Waals surface area contributed by atoms with Crippen LogP contribution in [-0.4, -0.2) is 15.3 Å². The van der Waals surface area contributed by atoms with Crippen LogP contribution in [0.5, 0.6) is 11.6 Å². The highest BCUT2D eigenvalue weighted by Gasteiger charge is 2.01. The van der Waals surface area contributed by atoms with Crippen LogP contribution in [-0.2, 0) is 6.61 Å². The minimum atomic E-state index is -0.114. The van der Waals surface area contributed by atoms with E-state index in [2.05, 4.69) is 17.1 Å². The first-order chi connectivity index (χ1) is 8.19. The molecule has 0 radical (unpaired) electrons. The summed E-state index contributed by atoms with van der Waals surface area (Å²) in [6.07, 6.45) is 0. The minimum absolute atomic E-state index is 0.114. The zero-order chi connectivity index (χ0) is 12.3. The molecule has 1 N–H and O–H groups in total. The maximum absolute atomic E-state index is 8.84. The van der Waals surface area contributed by atoms with Crippen LogP contribution in [0.3, 0.4) is 0 Å². The van der Waals surface area contributed by atoms with Crippen LogP contribution in [0, 0.1) is 13.8 Å². The minimum Gasteiger partial charge on any atom is -0.438 e. The van der Waals surface area contributed by atoms with Crippen molar-refractivity contribution in [3.63, 3.8) is 0 Å². The molecule has 4 nitrogen and oxygen atoms in total. The van der Waals surface area contributed by atoms with Gasteiger partial charge in [0.25, 0.3) is 0 Å². The second-order valence-electron chi connectivity index (χ2n) is 3.87. The van der Waals surface area contributed by atoms with E-state index in [-0.39, 0.29) is 6.61 Å². The number of hydrogen-bond donors (Lipinski definition) is 1. The van der Waals surface area contributed by atoms with E-state index in [0.29, 0.717) is 11.6 Å². The lowest BCUT2D eigenvalue weighted by Gasteiger charge is -2.06. The van der Waals surface area contributed by atoms with Gasteiger partial charge in [0.15, 0.2) is 0 Å². The van der Waals surface area contributed by atoms with E-state index < -0.39 is 0 Å². The normalized spacial score (nSPS) is 10.3. The molecule has 2 aromatic rings. The molecular formula is C13H14N2O2. The van der Waals surface area contributed by atoms with Gasteiger partial charge in [0, 0.05) is 6.07 Å². The summed E-state index contributed by atoms with van der Waals surface area (Å²) in [4.78, 5) is 0. The van der Waals surface area contributed by atoms with Gasteiger partial charge < -0.3 is 9.84 Å². The van der Waals surface area contributed by atoms with Gasteiger partial charge in [-0.1, -0.05) is 6.07 Å². The molecule has 4 heteroatoms. The second-order valence-corrected chi connectivity index (χ2v) is 3.87. The van der Waals surface area contributed by atoms with E-state index in [0.717, 1.165) is 5.75 Å². The fraction of sp³-hybridized carbons (Fsp3) is 0.231. The quantitative estimate of drug-likeness (QED) is 0.879. The van der Waals surface area contributed by atoms with Crippen LogP contribution in [0.15, 0.2) is 30.3 Å². The molecule has 0 fully saturated rings. The van der Waals surface area contributed by atoms with Crippen molar-refractivity contribution in [2.45, 2.75) is 20.5 Å². The summed E-state index contributed by atoms with van der Waals surface area (Å²) >= 11 is 0. The lowest BCUT2D eigenvalue weighted by molar-refractivity contribution is 0.274. The zero-order valence-electron chi connectivity index (χ0n) is 9.84. The van der Waals surface area contributed by atoms with Crippen molar-refractivity contribution in [3.8, 4) is 11.6 Å². The van der Waals surface area contributed by atoms with Crippen LogP contribution in [0.4, 0.5) is 0 Å². The van der Waals surface area contributed by atoms with Crippen LogP contribution in [0.1, 0.15) is 16.8 Å². The third-order valence-electron chi connectivity index (χ3n) is 2.56. The van der Waals surface area contributed by atoms with Crippen molar-refractivity contribution in [1.29, 1.82) is 0 Å². The average molecular weight is 230 g/mol. The molecule has 0 bridgehead atoms. The van der Waals surface area contributed by atoms with Crippen molar-refractivity contribution in [1.82, 2.24) is 10.2 Å². The van der Waals surface area contributed by atoms with Crippen LogP contribution < -0.4 is 4.74 Å². The molecule has 1 aromatic heterocycles. The summed E-state index contributed by atoms with van der Waals surface area (Å²) in [7, 11) is 0. The summed E-state index contributed by atoms with van der Waals surface area (Å²) in [5, 5.41) is 16.5. The fourth-order valence-corrected chi connectivity index (χ4v) is 1.38. The number of aryl methyl sites for hydroxylation is 2. The molecule has 0 aliphatic rings. The number of benzene rings is 1. The number of rotatable bonds is 3. The van der Waals surface area contributed by atoms with Crippen molar-refractivity contribution in [2.24, 2.45) is 0 Å². The standard InChI is InChI=1S/C13H14N2O2/c1-9-3-5-12(7-10(9)2)17-13-6-4-11(8-16)14-15-13/h3-7,16H,8H2,1-2H3. The molecule has 0 aliphatic heterocycles. The molecule has 0 saturated carbocycles. The predicted octanol–water partition coefficient (Wildman–Crippen LogP) is 2.38. The molecule has 17 heavy (non-hydrogen) atoms. The Morgan fingerprint density at radius 3 is 2.47 bits per heavy atom. The molecule has 0 saturated heterocycles. The number of aliphatic hydroxyl groups excluding tert-OH is 1. The Hall–Kier alpha value is -1.94. The van der Waals surface area contributed by atoms with Crippen LogP contribution in [0.2, 0.25) is 0 Å². The number of aromatic nitrogens is 2. The van der Waals surface area contributed by atoms with Crippen LogP contribution >= 0.6 is 0 Å². The molecule has 0 atom stereocenters. The maximum Gasteiger partial charge on any atom is 0.238 e. The molecule has 88 valence electrons. The average Bonchev–Trinajstić information content (AvgIpc) is 2.35. The molecule has 1 heterocycles. The number of nitrogens with zero attached hydrogens (tertiary/aromatic N) is 2. The topological polar surface area (TPSA) is 55.2 Å². The fourth-order valence-electron chi connectivity index (χ4n) is 1.38. The summed E-state index contributed by atoms with van der Waals surface area (Å²) in [6, 6.07) is 9.22. The van der Waals surface area contributed by atoms with E-state index in [9.17, 15) is 0 Å². The van der Waals surface area contributed by atoms with Gasteiger partial charge in [-0.2, -0.15) is 0 Å². The van der Waals surface area contributed by atoms with Crippen LogP contribution in [0.25, 0.3) is 0 Å². The van der Waals surface area contributed by atoms with Gasteiger partial charge in [-0.25, -0.2) is 0 Å². The van der Waals surface area contributed by atoms with E-state index in [1.54, 1.807) is 12.1 Å². The molecule has 0 amide bonds. The SMILES string of the molecule is Cc1ccc(Oc2ccc(CO)nn2)cc1C. The molecule has 0 aliphatic carbocycles. The Bertz CT molecular complexity index is 509. The largest absolute Gasteiger partial charge is 0.438 e. The van der Waals surface area contributed by atoms with E-state index in [1.807, 2.05) is 25.1 Å². The first-order valence-corrected chi connectivity index (χ1v) is 5.37. The highest BCUT2D eigenvalue weighted by molar-refractivity contribution is 5.35. The summed E-state index contributed by atoms with van der Waals surface area (Å²) in [6.45, 7) is 3.97. The summed E-state index contributed by atoms with van der Waals surface area (Å²) in [5.74, 6) is 1.16. The van der Waals surface area contributed by atoms with Gasteiger partial charge in [-0.3, -0.25) is 0 Å². The van der Waals surface area contributed by atoms with Crippen molar-refractivity contribution in [2.75, 3.05) is 0 Å². The third-order valence-corrected chi connectivity index (χ3v) is 2.56. The monoisotopic (exact) mass is 230 g/mol. The second kappa shape index (κ2) is 4.93. The number of hydrogen-bond acceptors (Lipinski definition) is 4. The van der Waals surface area contributed by atoms with Gasteiger partial charge in [0.1, 0.15) is 5.75 Å². The summed E-state index contributed by atoms with van der Waals surface area (Å²) < 4.78 is 5.56. The Morgan fingerprint density at radius 2 is 1.88 bits per heavy atom. The Labute approximate surface area is 99.9 Å². The van der Waals surface area contributed by atoms with Gasteiger partial charge in [-0.05, 0) is 43.2 Å². The Balaban J connectivity index is 2.16. The van der Waals surface area contributed by atoms with Gasteiger partial charge in [0.2, 0.25) is 5.88 Å². The Morgan fingerprint density at radius 1 is 1.06 bits per heavy atom. The van der Waals surface area contributed by atoms with Gasteiger partial charge in [0.05, 0.1) is 12.3 Å². The van der Waals surface area contributed by atoms with E-state index >= 15 is 0 Å². The molecule has 1 aromatic carbocycles. The lowest BCUT2D eigenvalue weighted by atomic mass is 10.1. The molecule has 0 unspecified atom stereocenters. The van der Waals surface area contributed by atoms with E-state index in [4.69, 9.17) is 9.84 Å². The van der Waals surface area contributed by atoms with Crippen molar-refractivity contribution in [3.05, 3.63) is 47.2 Å². The molecular weight excluding hydrogens is 216 g/mol. The summed E-state index contributed by atoms with van der Waals surface area (Å²) in [5.41, 5.74) is 2.92. The van der Waals surface area contributed by atoms with Gasteiger partial charge in [-0.15, -0.1) is 10.2 Å². The van der Waals surface area contributed by atoms with E-state index in [1.165, 1.54) is 11.1 Å². The molecule has 2 rings (SSSR count). The van der Waals surface area contributed by atoms with Gasteiger partial charge >= 0.3 is 0 Å². The highest BCUT2D eigenvalue weighted by Crippen LogP contribution is 2.21. The first kappa shape index (κ1) is 11.5. The molecule has 0 spiro atoms. The Kier molecular flexibility index (Phi) is 3.35. The van der Waals surface area contributed by atoms with Crippen molar-refractivity contribution >= 4 is 0 Å². The highest BCUT2D eigenvalue weighted by atomic mass is 16.5. The first-order valence-electron chi connectivity index (χ1n) is 5.37. The maximum atomic E-state index is 8.84. The number of ether oxygens (including phenoxy) is 1. The smallest absolute Gasteiger partial charge is 0.238 e.